The number of hydrogen-bond donors (Lipinski definition) is 2. The van der Waals surface area contributed by atoms with Gasteiger partial charge < -0.3 is 14.9 Å². The molecule has 0 aliphatic carbocycles. The number of halogens is 1. The minimum Gasteiger partial charge on any atom is -0.436 e. The van der Waals surface area contributed by atoms with Crippen LogP contribution in [-0.4, -0.2) is 15.2 Å². The van der Waals surface area contributed by atoms with Crippen LogP contribution < -0.4 is 4.74 Å². The summed E-state index contributed by atoms with van der Waals surface area (Å²) < 4.78 is 19.0. The lowest BCUT2D eigenvalue weighted by molar-refractivity contribution is 0.272. The molecule has 4 nitrogen and oxygen atoms in total. The van der Waals surface area contributed by atoms with Crippen LogP contribution in [0, 0.1) is 5.82 Å². The van der Waals surface area contributed by atoms with Gasteiger partial charge in [-0.2, -0.15) is 0 Å². The van der Waals surface area contributed by atoms with E-state index in [0.29, 0.717) is 11.3 Å². The Balaban J connectivity index is 2.28. The zero-order valence-electron chi connectivity index (χ0n) is 9.51. The number of aliphatic hydroxyl groups excluding tert-OH is 2. The second kappa shape index (κ2) is 5.57. The molecule has 0 aliphatic rings. The first-order chi connectivity index (χ1) is 8.74. The summed E-state index contributed by atoms with van der Waals surface area (Å²) in [4.78, 5) is 3.77. The average molecular weight is 249 g/mol. The summed E-state index contributed by atoms with van der Waals surface area (Å²) in [6.07, 6.45) is 1.36. The van der Waals surface area contributed by atoms with Crippen LogP contribution in [-0.2, 0) is 13.2 Å². The molecular weight excluding hydrogens is 237 g/mol. The number of ether oxygens (including phenoxy) is 1. The van der Waals surface area contributed by atoms with Crippen molar-refractivity contribution >= 4 is 0 Å². The van der Waals surface area contributed by atoms with Crippen molar-refractivity contribution < 1.29 is 19.3 Å². The summed E-state index contributed by atoms with van der Waals surface area (Å²) in [7, 11) is 0. The summed E-state index contributed by atoms with van der Waals surface area (Å²) >= 11 is 0. The van der Waals surface area contributed by atoms with Crippen molar-refractivity contribution in [3.05, 3.63) is 53.5 Å². The number of benzene rings is 1. The van der Waals surface area contributed by atoms with E-state index < -0.39 is 12.4 Å². The molecule has 0 radical (unpaired) electrons. The van der Waals surface area contributed by atoms with E-state index in [9.17, 15) is 4.39 Å². The molecule has 0 amide bonds. The fourth-order valence-corrected chi connectivity index (χ4v) is 1.47. The van der Waals surface area contributed by atoms with Crippen molar-refractivity contribution in [1.29, 1.82) is 0 Å². The molecule has 0 unspecified atom stereocenters. The zero-order chi connectivity index (χ0) is 13.0. The van der Waals surface area contributed by atoms with Gasteiger partial charge in [0.1, 0.15) is 5.75 Å². The van der Waals surface area contributed by atoms with Crippen molar-refractivity contribution in [2.45, 2.75) is 13.2 Å². The number of rotatable bonds is 4. The molecule has 0 fully saturated rings. The Labute approximate surface area is 103 Å². The van der Waals surface area contributed by atoms with Crippen LogP contribution >= 0.6 is 0 Å². The molecule has 0 spiro atoms. The highest BCUT2D eigenvalue weighted by molar-refractivity contribution is 5.33. The molecule has 0 aliphatic heterocycles. The second-order valence-electron chi connectivity index (χ2n) is 3.65. The van der Waals surface area contributed by atoms with Crippen LogP contribution in [0.4, 0.5) is 4.39 Å². The molecule has 2 N–H and O–H groups in total. The lowest BCUT2D eigenvalue weighted by Crippen LogP contribution is -1.97. The van der Waals surface area contributed by atoms with Crippen molar-refractivity contribution in [3.63, 3.8) is 0 Å². The molecule has 0 saturated carbocycles. The van der Waals surface area contributed by atoms with E-state index in [1.807, 2.05) is 0 Å². The maximum Gasteiger partial charge on any atom is 0.256 e. The van der Waals surface area contributed by atoms with Gasteiger partial charge in [-0.1, -0.05) is 12.1 Å². The highest BCUT2D eigenvalue weighted by Gasteiger charge is 2.11. The van der Waals surface area contributed by atoms with E-state index in [2.05, 4.69) is 4.98 Å². The summed E-state index contributed by atoms with van der Waals surface area (Å²) in [6, 6.07) is 8.01. The predicted octanol–water partition coefficient (Wildman–Crippen LogP) is 2.00. The Kier molecular flexibility index (Phi) is 3.86. The average Bonchev–Trinajstić information content (AvgIpc) is 2.41. The van der Waals surface area contributed by atoms with E-state index in [1.54, 1.807) is 24.3 Å². The van der Waals surface area contributed by atoms with Crippen molar-refractivity contribution in [3.8, 4) is 11.6 Å². The van der Waals surface area contributed by atoms with Gasteiger partial charge in [0, 0.05) is 11.8 Å². The third kappa shape index (κ3) is 2.64. The molecular formula is C13H12FNO3. The molecule has 1 heterocycles. The normalized spacial score (nSPS) is 10.4. The molecule has 5 heteroatoms. The van der Waals surface area contributed by atoms with Crippen molar-refractivity contribution in [2.75, 3.05) is 0 Å². The van der Waals surface area contributed by atoms with Gasteiger partial charge in [0.25, 0.3) is 5.88 Å². The minimum atomic E-state index is -0.686. The first kappa shape index (κ1) is 12.5. The van der Waals surface area contributed by atoms with Gasteiger partial charge in [0.15, 0.2) is 5.82 Å². The molecule has 0 bridgehead atoms. The summed E-state index contributed by atoms with van der Waals surface area (Å²) in [5.74, 6) is -0.505. The fourth-order valence-electron chi connectivity index (χ4n) is 1.47. The van der Waals surface area contributed by atoms with Gasteiger partial charge in [-0.05, 0) is 23.8 Å². The lowest BCUT2D eigenvalue weighted by Gasteiger charge is -2.08. The van der Waals surface area contributed by atoms with E-state index in [0.717, 1.165) is 0 Å². The lowest BCUT2D eigenvalue weighted by atomic mass is 10.2. The SMILES string of the molecule is OCc1cccc(Oc2nccc(CO)c2F)c1. The monoisotopic (exact) mass is 249 g/mol. The third-order valence-corrected chi connectivity index (χ3v) is 2.40. The standard InChI is InChI=1S/C13H12FNO3/c14-12-10(8-17)4-5-15-13(12)18-11-3-1-2-9(6-11)7-16/h1-6,16-17H,7-8H2. The van der Waals surface area contributed by atoms with Crippen LogP contribution in [0.3, 0.4) is 0 Å². The van der Waals surface area contributed by atoms with Crippen LogP contribution in [0.2, 0.25) is 0 Å². The van der Waals surface area contributed by atoms with E-state index in [1.165, 1.54) is 12.3 Å². The summed E-state index contributed by atoms with van der Waals surface area (Å²) in [5.41, 5.74) is 0.782. The molecule has 2 rings (SSSR count). The van der Waals surface area contributed by atoms with Gasteiger partial charge >= 0.3 is 0 Å². The van der Waals surface area contributed by atoms with Crippen molar-refractivity contribution in [1.82, 2.24) is 4.98 Å². The number of aromatic nitrogens is 1. The van der Waals surface area contributed by atoms with Gasteiger partial charge in [-0.15, -0.1) is 0 Å². The van der Waals surface area contributed by atoms with E-state index in [-0.39, 0.29) is 18.1 Å². The predicted molar refractivity (Wildman–Crippen MR) is 62.6 cm³/mol. The smallest absolute Gasteiger partial charge is 0.256 e. The Morgan fingerprint density at radius 2 is 2.00 bits per heavy atom. The fraction of sp³-hybridized carbons (Fsp3) is 0.154. The second-order valence-corrected chi connectivity index (χ2v) is 3.65. The molecule has 94 valence electrons. The third-order valence-electron chi connectivity index (χ3n) is 2.40. The van der Waals surface area contributed by atoms with Crippen molar-refractivity contribution in [2.24, 2.45) is 0 Å². The molecule has 0 saturated heterocycles. The quantitative estimate of drug-likeness (QED) is 0.870. The first-order valence-corrected chi connectivity index (χ1v) is 5.36. The topological polar surface area (TPSA) is 62.6 Å². The summed E-state index contributed by atoms with van der Waals surface area (Å²) in [5, 5.41) is 17.9. The van der Waals surface area contributed by atoms with Gasteiger partial charge in [-0.25, -0.2) is 9.37 Å². The number of aliphatic hydroxyl groups is 2. The molecule has 1 aromatic heterocycles. The largest absolute Gasteiger partial charge is 0.436 e. The van der Waals surface area contributed by atoms with Gasteiger partial charge in [0.05, 0.1) is 13.2 Å². The Morgan fingerprint density at radius 3 is 2.72 bits per heavy atom. The molecule has 2 aromatic rings. The Hall–Kier alpha value is -1.98. The highest BCUT2D eigenvalue weighted by Crippen LogP contribution is 2.24. The van der Waals surface area contributed by atoms with E-state index >= 15 is 0 Å². The van der Waals surface area contributed by atoms with Crippen LogP contribution in [0.5, 0.6) is 11.6 Å². The maximum atomic E-state index is 13.7. The van der Waals surface area contributed by atoms with Gasteiger partial charge in [0.2, 0.25) is 0 Å². The highest BCUT2D eigenvalue weighted by atomic mass is 19.1. The Morgan fingerprint density at radius 1 is 1.17 bits per heavy atom. The number of pyridine rings is 1. The van der Waals surface area contributed by atoms with Crippen LogP contribution in [0.1, 0.15) is 11.1 Å². The van der Waals surface area contributed by atoms with Crippen LogP contribution in [0.15, 0.2) is 36.5 Å². The zero-order valence-corrected chi connectivity index (χ0v) is 9.51. The van der Waals surface area contributed by atoms with E-state index in [4.69, 9.17) is 14.9 Å². The maximum absolute atomic E-state index is 13.7. The molecule has 18 heavy (non-hydrogen) atoms. The first-order valence-electron chi connectivity index (χ1n) is 5.36. The van der Waals surface area contributed by atoms with Gasteiger partial charge in [-0.3, -0.25) is 0 Å². The number of hydrogen-bond acceptors (Lipinski definition) is 4. The Bertz CT molecular complexity index is 546. The molecule has 0 atom stereocenters. The van der Waals surface area contributed by atoms with Crippen LogP contribution in [0.25, 0.3) is 0 Å². The summed E-state index contributed by atoms with van der Waals surface area (Å²) in [6.45, 7) is -0.537. The molecule has 1 aromatic carbocycles. The number of nitrogens with zero attached hydrogens (tertiary/aromatic N) is 1. The minimum absolute atomic E-state index is 0.121.